The van der Waals surface area contributed by atoms with Crippen LogP contribution in [0.15, 0.2) is 29.5 Å². The van der Waals surface area contributed by atoms with Gasteiger partial charge in [-0.05, 0) is 43.4 Å². The zero-order valence-electron chi connectivity index (χ0n) is 14.8. The summed E-state index contributed by atoms with van der Waals surface area (Å²) in [6, 6.07) is 4.60. The van der Waals surface area contributed by atoms with Crippen molar-refractivity contribution in [3.05, 3.63) is 45.1 Å². The van der Waals surface area contributed by atoms with Crippen molar-refractivity contribution in [3.8, 4) is 0 Å². The summed E-state index contributed by atoms with van der Waals surface area (Å²) in [6.07, 6.45) is 3.81. The van der Waals surface area contributed by atoms with Crippen molar-refractivity contribution in [2.45, 2.75) is 44.2 Å². The molecule has 3 aliphatic rings. The van der Waals surface area contributed by atoms with Gasteiger partial charge in [0.05, 0.1) is 27.6 Å². The first kappa shape index (κ1) is 18.8. The van der Waals surface area contributed by atoms with Crippen LogP contribution in [0.3, 0.4) is 0 Å². The maximum Gasteiger partial charge on any atom is 0.290 e. The molecule has 0 saturated heterocycles. The molecule has 27 heavy (non-hydrogen) atoms. The molecule has 144 valence electrons. The zero-order valence-corrected chi connectivity index (χ0v) is 16.3. The zero-order chi connectivity index (χ0) is 19.1. The second-order valence-electron chi connectivity index (χ2n) is 7.31. The van der Waals surface area contributed by atoms with Crippen molar-refractivity contribution < 1.29 is 19.4 Å². The summed E-state index contributed by atoms with van der Waals surface area (Å²) < 4.78 is 6.06. The Bertz CT molecular complexity index is 822. The molecule has 1 aliphatic carbocycles. The molecule has 0 spiro atoms. The molecule has 1 aromatic rings. The lowest BCUT2D eigenvalue weighted by Gasteiger charge is -2.35. The molecule has 3 atom stereocenters. The summed E-state index contributed by atoms with van der Waals surface area (Å²) in [7, 11) is 0. The minimum Gasteiger partial charge on any atom is -0.483 e. The minimum absolute atomic E-state index is 0.0110. The number of amides is 1. The van der Waals surface area contributed by atoms with Crippen molar-refractivity contribution in [3.63, 3.8) is 0 Å². The molecule has 1 saturated carbocycles. The van der Waals surface area contributed by atoms with Crippen LogP contribution in [0.1, 0.15) is 43.7 Å². The molecule has 0 aromatic heterocycles. The normalized spacial score (nSPS) is 27.5. The number of nitrogens with zero attached hydrogens (tertiary/aromatic N) is 1. The van der Waals surface area contributed by atoms with E-state index in [2.05, 4.69) is 0 Å². The van der Waals surface area contributed by atoms with E-state index in [4.69, 9.17) is 27.9 Å². The molecule has 5 nitrogen and oxygen atoms in total. The third kappa shape index (κ3) is 3.16. The summed E-state index contributed by atoms with van der Waals surface area (Å²) in [4.78, 5) is 28.0. The molecule has 1 amide bonds. The van der Waals surface area contributed by atoms with Crippen molar-refractivity contribution >= 4 is 34.9 Å². The van der Waals surface area contributed by atoms with Crippen LogP contribution < -0.4 is 0 Å². The number of ketones is 1. The molecule has 4 rings (SSSR count). The van der Waals surface area contributed by atoms with Crippen LogP contribution >= 0.6 is 23.2 Å². The molecule has 0 radical (unpaired) electrons. The van der Waals surface area contributed by atoms with Gasteiger partial charge in [-0.15, -0.1) is 0 Å². The molecule has 0 bridgehead atoms. The summed E-state index contributed by atoms with van der Waals surface area (Å²) in [5, 5.41) is 10.0. The third-order valence-electron chi connectivity index (χ3n) is 5.68. The van der Waals surface area contributed by atoms with Crippen LogP contribution in [0, 0.1) is 5.92 Å². The van der Waals surface area contributed by atoms with Gasteiger partial charge in [-0.3, -0.25) is 9.59 Å². The predicted molar refractivity (Wildman–Crippen MR) is 101 cm³/mol. The van der Waals surface area contributed by atoms with Crippen LogP contribution in [-0.2, 0) is 14.3 Å². The fourth-order valence-corrected chi connectivity index (χ4v) is 4.70. The van der Waals surface area contributed by atoms with Gasteiger partial charge in [0, 0.05) is 13.2 Å². The SMILES string of the molecule is O=C1C2=C(OC3CCCCC13)C(=O)N(CCCO)C2c1ccc(Cl)c(Cl)c1. The number of carbonyl (C=O) groups excluding carboxylic acids is 2. The molecule has 1 fully saturated rings. The van der Waals surface area contributed by atoms with E-state index in [0.717, 1.165) is 31.2 Å². The van der Waals surface area contributed by atoms with Crippen LogP contribution in [0.25, 0.3) is 0 Å². The predicted octanol–water partition coefficient (Wildman–Crippen LogP) is 3.67. The molecule has 1 aromatic carbocycles. The standard InChI is InChI=1S/C20H21Cl2NO4/c21-13-7-6-11(10-14(13)22)17-16-18(25)12-4-1-2-5-15(12)27-19(16)20(26)23(17)8-3-9-24/h6-7,10,12,15,17,24H,1-5,8-9H2. The van der Waals surface area contributed by atoms with E-state index in [0.29, 0.717) is 28.6 Å². The van der Waals surface area contributed by atoms with Gasteiger partial charge in [-0.1, -0.05) is 35.7 Å². The average molecular weight is 410 g/mol. The molecule has 3 unspecified atom stereocenters. The highest BCUT2D eigenvalue weighted by Gasteiger charge is 2.51. The van der Waals surface area contributed by atoms with Crippen molar-refractivity contribution in [2.75, 3.05) is 13.2 Å². The van der Waals surface area contributed by atoms with Crippen molar-refractivity contribution in [2.24, 2.45) is 5.92 Å². The number of benzene rings is 1. The topological polar surface area (TPSA) is 66.8 Å². The molecule has 7 heteroatoms. The first-order valence-electron chi connectivity index (χ1n) is 9.34. The Morgan fingerprint density at radius 2 is 1.93 bits per heavy atom. The number of rotatable bonds is 4. The Kier molecular flexibility index (Phi) is 5.19. The monoisotopic (exact) mass is 409 g/mol. The van der Waals surface area contributed by atoms with Gasteiger partial charge in [0.25, 0.3) is 5.91 Å². The number of fused-ring (bicyclic) bond motifs is 1. The maximum absolute atomic E-state index is 13.3. The minimum atomic E-state index is -0.552. The van der Waals surface area contributed by atoms with Crippen molar-refractivity contribution in [1.29, 1.82) is 0 Å². The summed E-state index contributed by atoms with van der Waals surface area (Å²) in [6.45, 7) is 0.293. The summed E-state index contributed by atoms with van der Waals surface area (Å²) in [5.74, 6) is -0.283. The van der Waals surface area contributed by atoms with Gasteiger partial charge in [-0.25, -0.2) is 0 Å². The van der Waals surface area contributed by atoms with Gasteiger partial charge < -0.3 is 14.7 Å². The number of halogens is 2. The number of hydrogen-bond acceptors (Lipinski definition) is 4. The Morgan fingerprint density at radius 1 is 1.15 bits per heavy atom. The van der Waals surface area contributed by atoms with E-state index in [9.17, 15) is 14.7 Å². The first-order valence-corrected chi connectivity index (χ1v) is 10.1. The Balaban J connectivity index is 1.79. The van der Waals surface area contributed by atoms with E-state index >= 15 is 0 Å². The smallest absolute Gasteiger partial charge is 0.290 e. The summed E-state index contributed by atoms with van der Waals surface area (Å²) in [5.41, 5.74) is 1.16. The number of carbonyl (C=O) groups is 2. The van der Waals surface area contributed by atoms with E-state index < -0.39 is 6.04 Å². The van der Waals surface area contributed by atoms with Gasteiger partial charge in [0.1, 0.15) is 6.10 Å². The van der Waals surface area contributed by atoms with Gasteiger partial charge in [0.15, 0.2) is 11.5 Å². The molecule has 1 N–H and O–H groups in total. The second-order valence-corrected chi connectivity index (χ2v) is 8.12. The fraction of sp³-hybridized carbons (Fsp3) is 0.500. The first-order chi connectivity index (χ1) is 13.0. The number of ether oxygens (including phenoxy) is 1. The quantitative estimate of drug-likeness (QED) is 0.823. The summed E-state index contributed by atoms with van der Waals surface area (Å²) >= 11 is 12.2. The Labute approximate surface area is 167 Å². The molecular weight excluding hydrogens is 389 g/mol. The van der Waals surface area contributed by atoms with E-state index in [1.54, 1.807) is 23.1 Å². The van der Waals surface area contributed by atoms with Crippen LogP contribution in [-0.4, -0.2) is 41.0 Å². The van der Waals surface area contributed by atoms with Crippen LogP contribution in [0.5, 0.6) is 0 Å². The fourth-order valence-electron chi connectivity index (χ4n) is 4.39. The third-order valence-corrected chi connectivity index (χ3v) is 6.41. The Hall–Kier alpha value is -1.56. The lowest BCUT2D eigenvalue weighted by atomic mass is 9.77. The van der Waals surface area contributed by atoms with Gasteiger partial charge >= 0.3 is 0 Å². The number of hydrogen-bond donors (Lipinski definition) is 1. The molecular formula is C20H21Cl2NO4. The number of aliphatic hydroxyl groups is 1. The highest BCUT2D eigenvalue weighted by Crippen LogP contribution is 2.47. The van der Waals surface area contributed by atoms with E-state index in [1.165, 1.54) is 0 Å². The van der Waals surface area contributed by atoms with Crippen molar-refractivity contribution in [1.82, 2.24) is 4.90 Å². The van der Waals surface area contributed by atoms with E-state index in [-0.39, 0.29) is 36.1 Å². The van der Waals surface area contributed by atoms with Gasteiger partial charge in [0.2, 0.25) is 0 Å². The lowest BCUT2D eigenvalue weighted by molar-refractivity contribution is -0.135. The van der Waals surface area contributed by atoms with Crippen LogP contribution in [0.4, 0.5) is 0 Å². The molecule has 2 aliphatic heterocycles. The highest BCUT2D eigenvalue weighted by atomic mass is 35.5. The van der Waals surface area contributed by atoms with E-state index in [1.807, 2.05) is 0 Å². The average Bonchev–Trinajstić information content (AvgIpc) is 2.95. The van der Waals surface area contributed by atoms with Gasteiger partial charge in [-0.2, -0.15) is 0 Å². The second kappa shape index (κ2) is 7.46. The number of Topliss-reactive ketones (excluding diaryl/α,β-unsaturated/α-hetero) is 1. The number of aliphatic hydroxyl groups excluding tert-OH is 1. The molecule has 2 heterocycles. The Morgan fingerprint density at radius 3 is 2.67 bits per heavy atom. The highest BCUT2D eigenvalue weighted by molar-refractivity contribution is 6.42. The maximum atomic E-state index is 13.3. The van der Waals surface area contributed by atoms with Crippen LogP contribution in [0.2, 0.25) is 10.0 Å². The largest absolute Gasteiger partial charge is 0.483 e. The lowest BCUT2D eigenvalue weighted by Crippen LogP contribution is -2.39.